The Bertz CT molecular complexity index is 383. The van der Waals surface area contributed by atoms with Crippen LogP contribution < -0.4 is 10.8 Å². The monoisotopic (exact) mass is 199 g/mol. The van der Waals surface area contributed by atoms with Crippen molar-refractivity contribution in [2.45, 2.75) is 0 Å². The maximum absolute atomic E-state index is 12.8. The van der Waals surface area contributed by atoms with Crippen molar-refractivity contribution in [1.82, 2.24) is 0 Å². The first-order valence-electron chi connectivity index (χ1n) is 3.38. The fourth-order valence-corrected chi connectivity index (χ4v) is 0.892. The van der Waals surface area contributed by atoms with Gasteiger partial charge in [0.2, 0.25) is 0 Å². The third-order valence-electron chi connectivity index (χ3n) is 1.53. The molecule has 0 bridgehead atoms. The third kappa shape index (κ3) is 1.60. The standard InChI is InChI=1S/C7H5FN2O4/c8-4-2-5(9)6(10(13)14)1-3(4)7(11)12/h1-2H,9H2,(H,11,12)/p-1. The maximum atomic E-state index is 12.8. The number of anilines is 1. The van der Waals surface area contributed by atoms with Gasteiger partial charge in [-0.15, -0.1) is 0 Å². The van der Waals surface area contributed by atoms with E-state index >= 15 is 0 Å². The van der Waals surface area contributed by atoms with Crippen LogP contribution in [-0.2, 0) is 0 Å². The average Bonchev–Trinajstić information content (AvgIpc) is 2.02. The number of carboxylic acid groups (broad SMARTS) is 1. The Hall–Kier alpha value is -2.18. The van der Waals surface area contributed by atoms with Crippen molar-refractivity contribution in [2.75, 3.05) is 5.73 Å². The third-order valence-corrected chi connectivity index (χ3v) is 1.53. The van der Waals surface area contributed by atoms with E-state index in [9.17, 15) is 24.4 Å². The predicted octanol–water partition coefficient (Wildman–Crippen LogP) is -0.320. The molecule has 14 heavy (non-hydrogen) atoms. The number of benzene rings is 1. The second kappa shape index (κ2) is 3.29. The second-order valence-corrected chi connectivity index (χ2v) is 2.44. The molecule has 0 aliphatic heterocycles. The molecule has 0 aromatic heterocycles. The molecule has 0 fully saturated rings. The maximum Gasteiger partial charge on any atom is 0.292 e. The largest absolute Gasteiger partial charge is 0.545 e. The molecule has 0 saturated heterocycles. The van der Waals surface area contributed by atoms with Gasteiger partial charge < -0.3 is 15.6 Å². The van der Waals surface area contributed by atoms with Gasteiger partial charge in [-0.2, -0.15) is 0 Å². The molecule has 0 saturated carbocycles. The molecule has 0 aliphatic carbocycles. The van der Waals surface area contributed by atoms with Gasteiger partial charge >= 0.3 is 0 Å². The lowest BCUT2D eigenvalue weighted by Gasteiger charge is -2.05. The number of nitro benzene ring substituents is 1. The summed E-state index contributed by atoms with van der Waals surface area (Å²) in [6, 6.07) is 1.10. The Balaban J connectivity index is 3.42. The zero-order chi connectivity index (χ0) is 10.9. The number of carbonyl (C=O) groups is 1. The Labute approximate surface area is 76.9 Å². The fourth-order valence-electron chi connectivity index (χ4n) is 0.892. The minimum Gasteiger partial charge on any atom is -0.545 e. The van der Waals surface area contributed by atoms with Crippen LogP contribution in [0.25, 0.3) is 0 Å². The number of carbonyl (C=O) groups excluding carboxylic acids is 1. The van der Waals surface area contributed by atoms with E-state index in [4.69, 9.17) is 5.73 Å². The summed E-state index contributed by atoms with van der Waals surface area (Å²) < 4.78 is 12.8. The van der Waals surface area contributed by atoms with Gasteiger partial charge in [-0.25, -0.2) is 4.39 Å². The topological polar surface area (TPSA) is 109 Å². The lowest BCUT2D eigenvalue weighted by atomic mass is 10.1. The molecule has 2 N–H and O–H groups in total. The summed E-state index contributed by atoms with van der Waals surface area (Å²) in [5.74, 6) is -2.99. The zero-order valence-corrected chi connectivity index (χ0v) is 6.69. The second-order valence-electron chi connectivity index (χ2n) is 2.44. The molecule has 74 valence electrons. The Kier molecular flexibility index (Phi) is 2.32. The molecule has 7 heteroatoms. The quantitative estimate of drug-likeness (QED) is 0.398. The first kappa shape index (κ1) is 9.90. The van der Waals surface area contributed by atoms with Crippen LogP contribution in [0.5, 0.6) is 0 Å². The molecule has 6 nitrogen and oxygen atoms in total. The van der Waals surface area contributed by atoms with Crippen molar-refractivity contribution >= 4 is 17.3 Å². The minimum atomic E-state index is -1.83. The molecule has 1 aromatic rings. The van der Waals surface area contributed by atoms with Crippen LogP contribution >= 0.6 is 0 Å². The Morgan fingerprint density at radius 1 is 1.50 bits per heavy atom. The van der Waals surface area contributed by atoms with E-state index in [0.717, 1.165) is 0 Å². The highest BCUT2D eigenvalue weighted by Crippen LogP contribution is 2.24. The minimum absolute atomic E-state index is 0.433. The number of nitrogen functional groups attached to an aromatic ring is 1. The molecular formula is C7H4FN2O4-. The van der Waals surface area contributed by atoms with Crippen molar-refractivity contribution in [3.8, 4) is 0 Å². The summed E-state index contributed by atoms with van der Waals surface area (Å²) in [6.07, 6.45) is 0. The van der Waals surface area contributed by atoms with Crippen molar-refractivity contribution in [1.29, 1.82) is 0 Å². The van der Waals surface area contributed by atoms with Crippen molar-refractivity contribution in [3.63, 3.8) is 0 Å². The molecule has 0 atom stereocenters. The summed E-state index contributed by atoms with van der Waals surface area (Å²) in [6.45, 7) is 0. The number of nitro groups is 1. The lowest BCUT2D eigenvalue weighted by molar-refractivity contribution is -0.384. The summed E-state index contributed by atoms with van der Waals surface area (Å²) in [5.41, 5.74) is 3.12. The highest BCUT2D eigenvalue weighted by Gasteiger charge is 2.16. The molecular weight excluding hydrogens is 195 g/mol. The van der Waals surface area contributed by atoms with Gasteiger partial charge in [0.15, 0.2) is 0 Å². The fraction of sp³-hybridized carbons (Fsp3) is 0. The first-order chi connectivity index (χ1) is 6.43. The SMILES string of the molecule is Nc1cc(F)c(C(=O)[O-])cc1[N+](=O)[O-]. The Morgan fingerprint density at radius 3 is 2.50 bits per heavy atom. The number of rotatable bonds is 2. The summed E-state index contributed by atoms with van der Waals surface area (Å²) in [4.78, 5) is 19.7. The molecule has 0 aliphatic rings. The highest BCUT2D eigenvalue weighted by molar-refractivity contribution is 5.88. The van der Waals surface area contributed by atoms with Crippen LogP contribution in [0.3, 0.4) is 0 Å². The molecule has 0 unspecified atom stereocenters. The number of halogens is 1. The first-order valence-corrected chi connectivity index (χ1v) is 3.38. The van der Waals surface area contributed by atoms with Crippen LogP contribution in [-0.4, -0.2) is 10.9 Å². The zero-order valence-electron chi connectivity index (χ0n) is 6.69. The van der Waals surface area contributed by atoms with Gasteiger partial charge in [-0.3, -0.25) is 10.1 Å². The number of hydrogen-bond acceptors (Lipinski definition) is 5. The number of nitrogens with zero attached hydrogens (tertiary/aromatic N) is 1. The van der Waals surface area contributed by atoms with Gasteiger partial charge in [0.1, 0.15) is 11.5 Å². The van der Waals surface area contributed by atoms with E-state index in [1.54, 1.807) is 0 Å². The number of nitrogens with two attached hydrogens (primary N) is 1. The molecule has 0 radical (unpaired) electrons. The van der Waals surface area contributed by atoms with Gasteiger partial charge in [0, 0.05) is 17.7 Å². The summed E-state index contributed by atoms with van der Waals surface area (Å²) >= 11 is 0. The van der Waals surface area contributed by atoms with E-state index in [1.807, 2.05) is 0 Å². The molecule has 1 rings (SSSR count). The summed E-state index contributed by atoms with van der Waals surface area (Å²) in [5, 5.41) is 20.6. The average molecular weight is 199 g/mol. The van der Waals surface area contributed by atoms with Crippen LogP contribution in [0, 0.1) is 15.9 Å². The van der Waals surface area contributed by atoms with Crippen LogP contribution in [0.15, 0.2) is 12.1 Å². The molecule has 0 spiro atoms. The molecule has 0 amide bonds. The number of hydrogen-bond donors (Lipinski definition) is 1. The van der Waals surface area contributed by atoms with E-state index in [0.29, 0.717) is 12.1 Å². The van der Waals surface area contributed by atoms with E-state index in [-0.39, 0.29) is 0 Å². The van der Waals surface area contributed by atoms with Gasteiger partial charge in [-0.05, 0) is 0 Å². The van der Waals surface area contributed by atoms with Gasteiger partial charge in [0.05, 0.1) is 10.9 Å². The number of aromatic carboxylic acids is 1. The summed E-state index contributed by atoms with van der Waals surface area (Å²) in [7, 11) is 0. The lowest BCUT2D eigenvalue weighted by Crippen LogP contribution is -2.23. The smallest absolute Gasteiger partial charge is 0.292 e. The van der Waals surface area contributed by atoms with Crippen LogP contribution in [0.2, 0.25) is 0 Å². The predicted molar refractivity (Wildman–Crippen MR) is 41.8 cm³/mol. The highest BCUT2D eigenvalue weighted by atomic mass is 19.1. The van der Waals surface area contributed by atoms with Gasteiger partial charge in [0.25, 0.3) is 5.69 Å². The van der Waals surface area contributed by atoms with Gasteiger partial charge in [-0.1, -0.05) is 0 Å². The van der Waals surface area contributed by atoms with Crippen LogP contribution in [0.1, 0.15) is 10.4 Å². The van der Waals surface area contributed by atoms with Crippen molar-refractivity contribution in [2.24, 2.45) is 0 Å². The van der Waals surface area contributed by atoms with E-state index in [2.05, 4.69) is 0 Å². The van der Waals surface area contributed by atoms with E-state index in [1.165, 1.54) is 0 Å². The van der Waals surface area contributed by atoms with Crippen LogP contribution in [0.4, 0.5) is 15.8 Å². The van der Waals surface area contributed by atoms with Crippen molar-refractivity contribution < 1.29 is 19.2 Å². The molecule has 0 heterocycles. The van der Waals surface area contributed by atoms with E-state index < -0.39 is 33.6 Å². The number of carboxylic acids is 1. The molecule has 1 aromatic carbocycles. The normalized spacial score (nSPS) is 9.79. The Morgan fingerprint density at radius 2 is 2.07 bits per heavy atom. The van der Waals surface area contributed by atoms with Crippen molar-refractivity contribution in [3.05, 3.63) is 33.6 Å².